The first kappa shape index (κ1) is 22.3. The highest BCUT2D eigenvalue weighted by Crippen LogP contribution is 2.31. The minimum absolute atomic E-state index is 0.164. The van der Waals surface area contributed by atoms with E-state index in [4.69, 9.17) is 0 Å². The van der Waals surface area contributed by atoms with Crippen molar-refractivity contribution in [2.45, 2.75) is 19.5 Å². The lowest BCUT2D eigenvalue weighted by atomic mass is 9.97. The van der Waals surface area contributed by atoms with Crippen LogP contribution in [0.15, 0.2) is 110 Å². The zero-order valence-electron chi connectivity index (χ0n) is 19.5. The topological polar surface area (TPSA) is 66.5 Å². The van der Waals surface area contributed by atoms with E-state index in [1.165, 1.54) is 5.56 Å². The summed E-state index contributed by atoms with van der Waals surface area (Å²) in [6.07, 6.45) is 5.61. The van der Waals surface area contributed by atoms with Gasteiger partial charge < -0.3 is 5.32 Å². The van der Waals surface area contributed by atoms with Crippen LogP contribution in [0.2, 0.25) is 0 Å². The third kappa shape index (κ3) is 5.03. The van der Waals surface area contributed by atoms with Gasteiger partial charge in [-0.2, -0.15) is 10.4 Å². The van der Waals surface area contributed by atoms with Gasteiger partial charge in [-0.1, -0.05) is 72.8 Å². The Labute approximate surface area is 205 Å². The van der Waals surface area contributed by atoms with Crippen LogP contribution in [-0.2, 0) is 6.54 Å². The lowest BCUT2D eigenvalue weighted by Crippen LogP contribution is -2.17. The number of nitrogens with zero attached hydrogens (tertiary/aromatic N) is 4. The molecule has 0 spiro atoms. The molecule has 2 heterocycles. The molecule has 3 aromatic carbocycles. The Balaban J connectivity index is 1.30. The molecule has 1 atom stereocenters. The van der Waals surface area contributed by atoms with Crippen LogP contribution in [0.1, 0.15) is 29.7 Å². The number of hydrogen-bond donors (Lipinski definition) is 1. The molecule has 0 radical (unpaired) electrons. The van der Waals surface area contributed by atoms with Crippen LogP contribution in [0.5, 0.6) is 0 Å². The summed E-state index contributed by atoms with van der Waals surface area (Å²) in [6, 6.07) is 32.9. The van der Waals surface area contributed by atoms with Crippen LogP contribution >= 0.6 is 0 Å². The molecule has 5 rings (SSSR count). The molecule has 1 N–H and O–H groups in total. The second-order valence-corrected chi connectivity index (χ2v) is 8.45. The van der Waals surface area contributed by atoms with E-state index in [-0.39, 0.29) is 6.04 Å². The van der Waals surface area contributed by atoms with Gasteiger partial charge in [-0.25, -0.2) is 4.68 Å². The predicted octanol–water partition coefficient (Wildman–Crippen LogP) is 6.32. The molecule has 0 amide bonds. The van der Waals surface area contributed by atoms with Crippen molar-refractivity contribution in [3.05, 3.63) is 126 Å². The van der Waals surface area contributed by atoms with E-state index in [2.05, 4.69) is 58.9 Å². The Morgan fingerprint density at radius 2 is 1.60 bits per heavy atom. The number of benzene rings is 3. The maximum absolute atomic E-state index is 9.35. The summed E-state index contributed by atoms with van der Waals surface area (Å²) in [5, 5.41) is 17.4. The van der Waals surface area contributed by atoms with Crippen molar-refractivity contribution in [2.24, 2.45) is 0 Å². The van der Waals surface area contributed by atoms with Crippen molar-refractivity contribution in [3.8, 4) is 34.1 Å². The summed E-state index contributed by atoms with van der Waals surface area (Å²) in [5.74, 6) is 0. The fourth-order valence-electron chi connectivity index (χ4n) is 4.05. The van der Waals surface area contributed by atoms with Gasteiger partial charge in [-0.3, -0.25) is 4.98 Å². The number of aromatic nitrogens is 3. The molecular weight excluding hydrogens is 430 g/mol. The molecule has 0 fully saturated rings. The van der Waals surface area contributed by atoms with Gasteiger partial charge in [0.2, 0.25) is 0 Å². The first-order valence-electron chi connectivity index (χ1n) is 11.6. The number of nitriles is 1. The van der Waals surface area contributed by atoms with Crippen LogP contribution in [0.25, 0.3) is 28.1 Å². The summed E-state index contributed by atoms with van der Waals surface area (Å²) >= 11 is 0. The first-order chi connectivity index (χ1) is 17.2. The van der Waals surface area contributed by atoms with E-state index in [9.17, 15) is 5.26 Å². The summed E-state index contributed by atoms with van der Waals surface area (Å²) in [5.41, 5.74) is 7.82. The normalized spacial score (nSPS) is 11.7. The van der Waals surface area contributed by atoms with E-state index in [0.717, 1.165) is 40.2 Å². The monoisotopic (exact) mass is 455 g/mol. The zero-order chi connectivity index (χ0) is 24.0. The molecular formula is C30H25N5. The summed E-state index contributed by atoms with van der Waals surface area (Å²) in [4.78, 5) is 4.62. The van der Waals surface area contributed by atoms with Crippen molar-refractivity contribution in [3.63, 3.8) is 0 Å². The number of hydrogen-bond acceptors (Lipinski definition) is 4. The highest BCUT2D eigenvalue weighted by Gasteiger charge is 2.12. The molecule has 1 unspecified atom stereocenters. The molecule has 5 nitrogen and oxygen atoms in total. The lowest BCUT2D eigenvalue weighted by Gasteiger charge is -2.13. The Bertz CT molecular complexity index is 1450. The molecule has 0 aliphatic rings. The number of nitrogens with one attached hydrogen (secondary N) is 1. The van der Waals surface area contributed by atoms with E-state index in [1.807, 2.05) is 77.6 Å². The molecule has 170 valence electrons. The van der Waals surface area contributed by atoms with E-state index in [0.29, 0.717) is 5.56 Å². The Hall–Kier alpha value is -4.53. The Morgan fingerprint density at radius 3 is 2.31 bits per heavy atom. The van der Waals surface area contributed by atoms with Crippen molar-refractivity contribution in [1.82, 2.24) is 20.1 Å². The fourth-order valence-corrected chi connectivity index (χ4v) is 4.05. The van der Waals surface area contributed by atoms with Gasteiger partial charge in [0.1, 0.15) is 6.07 Å². The molecule has 0 bridgehead atoms. The van der Waals surface area contributed by atoms with Crippen molar-refractivity contribution < 1.29 is 0 Å². The third-order valence-corrected chi connectivity index (χ3v) is 6.06. The van der Waals surface area contributed by atoms with Crippen molar-refractivity contribution in [1.29, 1.82) is 5.26 Å². The summed E-state index contributed by atoms with van der Waals surface area (Å²) in [7, 11) is 0. The predicted molar refractivity (Wildman–Crippen MR) is 139 cm³/mol. The van der Waals surface area contributed by atoms with Crippen molar-refractivity contribution >= 4 is 0 Å². The minimum atomic E-state index is 0.164. The standard InChI is InChI=1S/C30H25N5/c1-22(27-20-34-35(21-27)28-10-6-3-7-11-28)32-18-23-12-14-26(15-13-23)30-29(16-24(17-31)19-33-30)25-8-4-2-5-9-25/h2-16,19-22,32H,18H2,1H3. The maximum atomic E-state index is 9.35. The quantitative estimate of drug-likeness (QED) is 0.312. The van der Waals surface area contributed by atoms with Crippen LogP contribution in [0.4, 0.5) is 0 Å². The van der Waals surface area contributed by atoms with Gasteiger partial charge in [-0.15, -0.1) is 0 Å². The SMILES string of the molecule is CC(NCc1ccc(-c2ncc(C#N)cc2-c2ccccc2)cc1)c1cnn(-c2ccccc2)c1. The Kier molecular flexibility index (Phi) is 6.47. The molecule has 5 aromatic rings. The maximum Gasteiger partial charge on any atom is 0.101 e. The van der Waals surface area contributed by atoms with E-state index < -0.39 is 0 Å². The van der Waals surface area contributed by atoms with Gasteiger partial charge in [0.05, 0.1) is 23.1 Å². The first-order valence-corrected chi connectivity index (χ1v) is 11.6. The average Bonchev–Trinajstić information content (AvgIpc) is 3.43. The number of pyridine rings is 1. The smallest absolute Gasteiger partial charge is 0.101 e. The molecule has 2 aromatic heterocycles. The summed E-state index contributed by atoms with van der Waals surface area (Å²) < 4.78 is 1.90. The molecule has 0 aliphatic heterocycles. The van der Waals surface area contributed by atoms with E-state index in [1.54, 1.807) is 6.20 Å². The second kappa shape index (κ2) is 10.2. The van der Waals surface area contributed by atoms with E-state index >= 15 is 0 Å². The fraction of sp³-hybridized carbons (Fsp3) is 0.100. The molecule has 0 saturated carbocycles. The number of rotatable bonds is 7. The Morgan fingerprint density at radius 1 is 0.886 bits per heavy atom. The van der Waals surface area contributed by atoms with Gasteiger partial charge >= 0.3 is 0 Å². The minimum Gasteiger partial charge on any atom is -0.306 e. The van der Waals surface area contributed by atoms with Crippen molar-refractivity contribution in [2.75, 3.05) is 0 Å². The molecule has 35 heavy (non-hydrogen) atoms. The average molecular weight is 456 g/mol. The third-order valence-electron chi connectivity index (χ3n) is 6.06. The highest BCUT2D eigenvalue weighted by atomic mass is 15.3. The van der Waals surface area contributed by atoms with Gasteiger partial charge in [-0.05, 0) is 36.2 Å². The number of para-hydroxylation sites is 1. The molecule has 5 heteroatoms. The van der Waals surface area contributed by atoms with Crippen LogP contribution < -0.4 is 5.32 Å². The highest BCUT2D eigenvalue weighted by molar-refractivity contribution is 5.81. The van der Waals surface area contributed by atoms with Gasteiger partial charge in [0, 0.05) is 41.7 Å². The van der Waals surface area contributed by atoms with Crippen LogP contribution in [0, 0.1) is 11.3 Å². The zero-order valence-corrected chi connectivity index (χ0v) is 19.5. The summed E-state index contributed by atoms with van der Waals surface area (Å²) in [6.45, 7) is 2.89. The van der Waals surface area contributed by atoms with Crippen LogP contribution in [-0.4, -0.2) is 14.8 Å². The van der Waals surface area contributed by atoms with Crippen LogP contribution in [0.3, 0.4) is 0 Å². The largest absolute Gasteiger partial charge is 0.306 e. The van der Waals surface area contributed by atoms with Gasteiger partial charge in [0.25, 0.3) is 0 Å². The van der Waals surface area contributed by atoms with Gasteiger partial charge in [0.15, 0.2) is 0 Å². The lowest BCUT2D eigenvalue weighted by molar-refractivity contribution is 0.574. The molecule has 0 aliphatic carbocycles. The second-order valence-electron chi connectivity index (χ2n) is 8.45. The molecule has 0 saturated heterocycles.